The van der Waals surface area contributed by atoms with Crippen molar-refractivity contribution in [3.8, 4) is 11.3 Å². The smallest absolute Gasteiger partial charge is 0.200 e. The van der Waals surface area contributed by atoms with Crippen LogP contribution in [0.5, 0.6) is 0 Å². The molecule has 2 heterocycles. The number of para-hydroxylation sites is 1. The molecular formula is C12H11N3O. The maximum atomic E-state index is 5.48. The van der Waals surface area contributed by atoms with Crippen LogP contribution in [0.1, 0.15) is 0 Å². The Morgan fingerprint density at radius 1 is 1.31 bits per heavy atom. The molecule has 0 saturated heterocycles. The maximum absolute atomic E-state index is 5.48. The van der Waals surface area contributed by atoms with Crippen LogP contribution in [0.25, 0.3) is 22.2 Å². The summed E-state index contributed by atoms with van der Waals surface area (Å²) in [6, 6.07) is 7.94. The molecule has 80 valence electrons. The van der Waals surface area contributed by atoms with Crippen molar-refractivity contribution >= 4 is 16.9 Å². The molecule has 4 heteroatoms. The summed E-state index contributed by atoms with van der Waals surface area (Å²) in [5.41, 5.74) is 2.87. The summed E-state index contributed by atoms with van der Waals surface area (Å²) in [5.74, 6) is 0.750. The van der Waals surface area contributed by atoms with E-state index >= 15 is 0 Å². The second kappa shape index (κ2) is 3.41. The molecule has 0 fully saturated rings. The van der Waals surface area contributed by atoms with Crippen LogP contribution in [-0.4, -0.2) is 17.0 Å². The van der Waals surface area contributed by atoms with Crippen LogP contribution in [0.3, 0.4) is 0 Å². The highest BCUT2D eigenvalue weighted by atomic mass is 16.3. The number of aromatic amines is 1. The first-order valence-corrected chi connectivity index (χ1v) is 5.08. The van der Waals surface area contributed by atoms with E-state index in [0.29, 0.717) is 0 Å². The Balaban J connectivity index is 2.18. The van der Waals surface area contributed by atoms with Crippen molar-refractivity contribution in [1.82, 2.24) is 9.97 Å². The number of anilines is 1. The summed E-state index contributed by atoms with van der Waals surface area (Å²) < 4.78 is 5.48. The summed E-state index contributed by atoms with van der Waals surface area (Å²) >= 11 is 0. The van der Waals surface area contributed by atoms with E-state index < -0.39 is 0 Å². The van der Waals surface area contributed by atoms with Crippen molar-refractivity contribution in [2.45, 2.75) is 0 Å². The number of rotatable bonds is 2. The highest BCUT2D eigenvalue weighted by Gasteiger charge is 2.09. The third kappa shape index (κ3) is 1.27. The number of H-pyrrole nitrogens is 1. The van der Waals surface area contributed by atoms with Crippen LogP contribution in [-0.2, 0) is 0 Å². The monoisotopic (exact) mass is 213 g/mol. The van der Waals surface area contributed by atoms with Crippen molar-refractivity contribution in [3.05, 3.63) is 36.7 Å². The van der Waals surface area contributed by atoms with Crippen molar-refractivity contribution in [3.63, 3.8) is 0 Å². The minimum atomic E-state index is 0.750. The highest BCUT2D eigenvalue weighted by molar-refractivity contribution is 5.92. The number of hydrogen-bond acceptors (Lipinski definition) is 3. The van der Waals surface area contributed by atoms with Gasteiger partial charge in [-0.3, -0.25) is 0 Å². The third-order valence-electron chi connectivity index (χ3n) is 2.58. The van der Waals surface area contributed by atoms with E-state index in [0.717, 1.165) is 28.2 Å². The molecule has 0 aliphatic rings. The van der Waals surface area contributed by atoms with Gasteiger partial charge in [-0.2, -0.15) is 0 Å². The van der Waals surface area contributed by atoms with Gasteiger partial charge in [0, 0.05) is 18.0 Å². The predicted molar refractivity (Wildman–Crippen MR) is 63.3 cm³/mol. The van der Waals surface area contributed by atoms with Crippen molar-refractivity contribution < 1.29 is 4.42 Å². The van der Waals surface area contributed by atoms with Crippen LogP contribution >= 0.6 is 0 Å². The van der Waals surface area contributed by atoms with Crippen molar-refractivity contribution in [2.75, 3.05) is 12.4 Å². The van der Waals surface area contributed by atoms with Crippen LogP contribution in [0.4, 0.5) is 5.95 Å². The van der Waals surface area contributed by atoms with E-state index in [1.54, 1.807) is 12.5 Å². The minimum Gasteiger partial charge on any atom is -0.464 e. The molecule has 0 radical (unpaired) electrons. The summed E-state index contributed by atoms with van der Waals surface area (Å²) in [7, 11) is 1.83. The summed E-state index contributed by atoms with van der Waals surface area (Å²) in [4.78, 5) is 7.36. The zero-order chi connectivity index (χ0) is 11.0. The lowest BCUT2D eigenvalue weighted by Gasteiger charge is -1.93. The summed E-state index contributed by atoms with van der Waals surface area (Å²) in [6.45, 7) is 0. The lowest BCUT2D eigenvalue weighted by molar-refractivity contribution is 0.617. The second-order valence-corrected chi connectivity index (χ2v) is 3.54. The fourth-order valence-electron chi connectivity index (χ4n) is 1.77. The van der Waals surface area contributed by atoms with Gasteiger partial charge in [-0.1, -0.05) is 18.2 Å². The fourth-order valence-corrected chi connectivity index (χ4v) is 1.77. The first kappa shape index (κ1) is 9.03. The molecule has 0 spiro atoms. The van der Waals surface area contributed by atoms with Gasteiger partial charge in [0.25, 0.3) is 0 Å². The normalized spacial score (nSPS) is 10.8. The number of hydrogen-bond donors (Lipinski definition) is 2. The third-order valence-corrected chi connectivity index (χ3v) is 2.58. The quantitative estimate of drug-likeness (QED) is 0.688. The van der Waals surface area contributed by atoms with E-state index in [1.807, 2.05) is 31.3 Å². The van der Waals surface area contributed by atoms with E-state index in [9.17, 15) is 0 Å². The Bertz CT molecular complexity index is 624. The Morgan fingerprint density at radius 2 is 2.19 bits per heavy atom. The number of furan rings is 1. The molecule has 0 unspecified atom stereocenters. The number of fused-ring (bicyclic) bond motifs is 1. The van der Waals surface area contributed by atoms with Crippen LogP contribution < -0.4 is 5.32 Å². The first-order valence-electron chi connectivity index (χ1n) is 5.08. The molecule has 0 bridgehead atoms. The Hall–Kier alpha value is -2.23. The SMILES string of the molecule is CNc1ncc(-c2coc3ccccc23)[nH]1. The number of imidazole rings is 1. The zero-order valence-corrected chi connectivity index (χ0v) is 8.82. The van der Waals surface area contributed by atoms with E-state index in [1.165, 1.54) is 0 Å². The van der Waals surface area contributed by atoms with E-state index in [2.05, 4.69) is 15.3 Å². The molecular weight excluding hydrogens is 202 g/mol. The Morgan fingerprint density at radius 3 is 3.00 bits per heavy atom. The average molecular weight is 213 g/mol. The topological polar surface area (TPSA) is 53.9 Å². The van der Waals surface area contributed by atoms with Crippen molar-refractivity contribution in [2.24, 2.45) is 0 Å². The van der Waals surface area contributed by atoms with Gasteiger partial charge in [0.1, 0.15) is 11.8 Å². The van der Waals surface area contributed by atoms with Gasteiger partial charge < -0.3 is 14.7 Å². The number of nitrogens with one attached hydrogen (secondary N) is 2. The summed E-state index contributed by atoms with van der Waals surface area (Å²) in [5, 5.41) is 4.05. The maximum Gasteiger partial charge on any atom is 0.200 e. The van der Waals surface area contributed by atoms with Gasteiger partial charge in [0.05, 0.1) is 11.9 Å². The largest absolute Gasteiger partial charge is 0.464 e. The molecule has 0 amide bonds. The van der Waals surface area contributed by atoms with Gasteiger partial charge >= 0.3 is 0 Å². The molecule has 0 atom stereocenters. The van der Waals surface area contributed by atoms with Crippen LogP contribution in [0.15, 0.2) is 41.1 Å². The lowest BCUT2D eigenvalue weighted by Crippen LogP contribution is -1.88. The van der Waals surface area contributed by atoms with Crippen LogP contribution in [0, 0.1) is 0 Å². The van der Waals surface area contributed by atoms with Gasteiger partial charge in [-0.25, -0.2) is 4.98 Å². The molecule has 16 heavy (non-hydrogen) atoms. The first-order chi connectivity index (χ1) is 7.88. The molecule has 3 rings (SSSR count). The average Bonchev–Trinajstić information content (AvgIpc) is 2.94. The summed E-state index contributed by atoms with van der Waals surface area (Å²) in [6.07, 6.45) is 3.54. The predicted octanol–water partition coefficient (Wildman–Crippen LogP) is 2.86. The second-order valence-electron chi connectivity index (χ2n) is 3.54. The van der Waals surface area contributed by atoms with Crippen LogP contribution in [0.2, 0.25) is 0 Å². The molecule has 1 aromatic carbocycles. The van der Waals surface area contributed by atoms with Gasteiger partial charge in [-0.05, 0) is 6.07 Å². The zero-order valence-electron chi connectivity index (χ0n) is 8.82. The standard InChI is InChI=1S/C12H11N3O/c1-13-12-14-6-10(15-12)9-7-16-11-5-3-2-4-8(9)11/h2-7H,1H3,(H2,13,14,15). The Kier molecular flexibility index (Phi) is 1.93. The number of nitrogens with zero attached hydrogens (tertiary/aromatic N) is 1. The van der Waals surface area contributed by atoms with E-state index in [4.69, 9.17) is 4.42 Å². The van der Waals surface area contributed by atoms with Gasteiger partial charge in [0.15, 0.2) is 5.95 Å². The molecule has 2 aromatic heterocycles. The lowest BCUT2D eigenvalue weighted by atomic mass is 10.1. The molecule has 0 aliphatic carbocycles. The molecule has 4 nitrogen and oxygen atoms in total. The Labute approximate surface area is 92.3 Å². The number of aromatic nitrogens is 2. The molecule has 2 N–H and O–H groups in total. The fraction of sp³-hybridized carbons (Fsp3) is 0.0833. The van der Waals surface area contributed by atoms with Gasteiger partial charge in [-0.15, -0.1) is 0 Å². The van der Waals surface area contributed by atoms with E-state index in [-0.39, 0.29) is 0 Å². The van der Waals surface area contributed by atoms with Crippen molar-refractivity contribution in [1.29, 1.82) is 0 Å². The number of benzene rings is 1. The molecule has 0 saturated carbocycles. The molecule has 0 aliphatic heterocycles. The van der Waals surface area contributed by atoms with Gasteiger partial charge in [0.2, 0.25) is 0 Å². The highest BCUT2D eigenvalue weighted by Crippen LogP contribution is 2.29. The molecule has 3 aromatic rings. The minimum absolute atomic E-state index is 0.750.